The number of rotatable bonds is 4. The Kier molecular flexibility index (Phi) is 4.07. The van der Waals surface area contributed by atoms with E-state index < -0.39 is 5.54 Å². The minimum atomic E-state index is -1.07. The van der Waals surface area contributed by atoms with Gasteiger partial charge in [-0.3, -0.25) is 9.69 Å². The summed E-state index contributed by atoms with van der Waals surface area (Å²) >= 11 is 0. The number of urea groups is 1. The molecule has 0 bridgehead atoms. The number of carbonyl (C=O) groups is 2. The van der Waals surface area contributed by atoms with E-state index in [1.165, 1.54) is 4.90 Å². The molecule has 6 nitrogen and oxygen atoms in total. The highest BCUT2D eigenvalue weighted by molar-refractivity contribution is 6.07. The van der Waals surface area contributed by atoms with Crippen LogP contribution >= 0.6 is 0 Å². The number of benzene rings is 2. The third kappa shape index (κ3) is 2.70. The first-order chi connectivity index (χ1) is 12.5. The Hall–Kier alpha value is -2.60. The third-order valence-electron chi connectivity index (χ3n) is 5.31. The number of imide groups is 1. The van der Waals surface area contributed by atoms with E-state index in [1.54, 1.807) is 14.0 Å². The lowest BCUT2D eigenvalue weighted by Crippen LogP contribution is -2.42. The highest BCUT2D eigenvalue weighted by atomic mass is 16.5. The Bertz CT molecular complexity index is 875. The topological polar surface area (TPSA) is 67.9 Å². The molecule has 2 aromatic carbocycles. The molecular weight excluding hydrogens is 332 g/mol. The Labute approximate surface area is 152 Å². The van der Waals surface area contributed by atoms with Crippen LogP contribution in [0.25, 0.3) is 10.8 Å². The number of nitrogens with one attached hydrogen (secondary N) is 1. The van der Waals surface area contributed by atoms with Gasteiger partial charge in [0.15, 0.2) is 0 Å². The lowest BCUT2D eigenvalue weighted by Gasteiger charge is -2.23. The monoisotopic (exact) mass is 354 g/mol. The van der Waals surface area contributed by atoms with Crippen molar-refractivity contribution in [1.29, 1.82) is 0 Å². The van der Waals surface area contributed by atoms with Crippen LogP contribution in [0.15, 0.2) is 36.4 Å². The quantitative estimate of drug-likeness (QED) is 0.858. The van der Waals surface area contributed by atoms with Crippen LogP contribution in [-0.4, -0.2) is 43.2 Å². The molecule has 136 valence electrons. The first kappa shape index (κ1) is 16.8. The van der Waals surface area contributed by atoms with Crippen molar-refractivity contribution in [2.24, 2.45) is 0 Å². The molecule has 0 unspecified atom stereocenters. The molecule has 2 aliphatic rings. The summed E-state index contributed by atoms with van der Waals surface area (Å²) in [6.45, 7) is 2.76. The lowest BCUT2D eigenvalue weighted by molar-refractivity contribution is -0.132. The normalized spacial score (nSPS) is 25.8. The molecule has 0 radical (unpaired) electrons. The second kappa shape index (κ2) is 6.29. The van der Waals surface area contributed by atoms with Gasteiger partial charge in [0.25, 0.3) is 5.91 Å². The number of methoxy groups -OCH3 is 1. The molecule has 26 heavy (non-hydrogen) atoms. The van der Waals surface area contributed by atoms with E-state index in [-0.39, 0.29) is 18.0 Å². The number of carbonyl (C=O) groups excluding carboxylic acids is 2. The van der Waals surface area contributed by atoms with Gasteiger partial charge in [-0.25, -0.2) is 4.79 Å². The molecule has 3 amide bonds. The van der Waals surface area contributed by atoms with Crippen molar-refractivity contribution in [1.82, 2.24) is 10.2 Å². The van der Waals surface area contributed by atoms with E-state index >= 15 is 0 Å². The van der Waals surface area contributed by atoms with Crippen LogP contribution in [0.2, 0.25) is 0 Å². The predicted octanol–water partition coefficient (Wildman–Crippen LogP) is 2.79. The first-order valence-corrected chi connectivity index (χ1v) is 8.85. The second-order valence-electron chi connectivity index (χ2n) is 7.03. The average Bonchev–Trinajstić information content (AvgIpc) is 3.24. The Morgan fingerprint density at radius 1 is 1.23 bits per heavy atom. The first-order valence-electron chi connectivity index (χ1n) is 8.85. The lowest BCUT2D eigenvalue weighted by atomic mass is 9.90. The van der Waals surface area contributed by atoms with E-state index in [0.717, 1.165) is 34.9 Å². The van der Waals surface area contributed by atoms with Crippen LogP contribution < -0.4 is 10.1 Å². The minimum absolute atomic E-state index is 0.0591. The number of amides is 3. The van der Waals surface area contributed by atoms with Gasteiger partial charge in [-0.1, -0.05) is 18.2 Å². The smallest absolute Gasteiger partial charge is 0.325 e. The summed E-state index contributed by atoms with van der Waals surface area (Å²) in [4.78, 5) is 26.7. The zero-order valence-electron chi connectivity index (χ0n) is 15.0. The van der Waals surface area contributed by atoms with Crippen LogP contribution in [0, 0.1) is 0 Å². The van der Waals surface area contributed by atoms with Gasteiger partial charge in [-0.05, 0) is 54.3 Å². The predicted molar refractivity (Wildman–Crippen MR) is 97.1 cm³/mol. The SMILES string of the molecule is COc1ccc2cc([C@@]3(C)NC(=O)N(C[C@H]4CCCO4)C3=O)ccc2c1. The molecule has 2 fully saturated rings. The number of ether oxygens (including phenoxy) is 2. The summed E-state index contributed by atoms with van der Waals surface area (Å²) in [6, 6.07) is 11.2. The van der Waals surface area contributed by atoms with Crippen molar-refractivity contribution in [3.05, 3.63) is 42.0 Å². The van der Waals surface area contributed by atoms with E-state index in [4.69, 9.17) is 9.47 Å². The molecule has 0 aliphatic carbocycles. The van der Waals surface area contributed by atoms with Crippen molar-refractivity contribution in [2.45, 2.75) is 31.4 Å². The molecule has 2 atom stereocenters. The van der Waals surface area contributed by atoms with Crippen LogP contribution in [0.5, 0.6) is 5.75 Å². The molecule has 1 N–H and O–H groups in total. The van der Waals surface area contributed by atoms with E-state index in [9.17, 15) is 9.59 Å². The van der Waals surface area contributed by atoms with Gasteiger partial charge in [0.2, 0.25) is 0 Å². The molecule has 0 saturated carbocycles. The highest BCUT2D eigenvalue weighted by Gasteiger charge is 2.49. The molecular formula is C20H22N2O4. The molecule has 4 rings (SSSR count). The number of hydrogen-bond donors (Lipinski definition) is 1. The minimum Gasteiger partial charge on any atom is -0.497 e. The summed E-state index contributed by atoms with van der Waals surface area (Å²) in [6.07, 6.45) is 1.79. The molecule has 0 aromatic heterocycles. The molecule has 2 heterocycles. The van der Waals surface area contributed by atoms with Gasteiger partial charge in [0, 0.05) is 6.61 Å². The Morgan fingerprint density at radius 2 is 2.00 bits per heavy atom. The summed E-state index contributed by atoms with van der Waals surface area (Å²) in [5.74, 6) is 0.551. The maximum absolute atomic E-state index is 13.0. The summed E-state index contributed by atoms with van der Waals surface area (Å²) < 4.78 is 10.8. The van der Waals surface area contributed by atoms with Crippen LogP contribution in [-0.2, 0) is 15.1 Å². The van der Waals surface area contributed by atoms with E-state index in [1.807, 2.05) is 36.4 Å². The Balaban J connectivity index is 1.64. The van der Waals surface area contributed by atoms with Crippen molar-refractivity contribution < 1.29 is 19.1 Å². The fraction of sp³-hybridized carbons (Fsp3) is 0.400. The van der Waals surface area contributed by atoms with E-state index in [2.05, 4.69) is 5.32 Å². The Morgan fingerprint density at radius 3 is 2.73 bits per heavy atom. The van der Waals surface area contributed by atoms with Gasteiger partial charge in [0.1, 0.15) is 11.3 Å². The third-order valence-corrected chi connectivity index (χ3v) is 5.31. The largest absolute Gasteiger partial charge is 0.497 e. The van der Waals surface area contributed by atoms with Crippen LogP contribution in [0.1, 0.15) is 25.3 Å². The van der Waals surface area contributed by atoms with Crippen LogP contribution in [0.4, 0.5) is 4.79 Å². The molecule has 2 saturated heterocycles. The number of fused-ring (bicyclic) bond motifs is 1. The molecule has 2 aliphatic heterocycles. The average molecular weight is 354 g/mol. The standard InChI is InChI=1S/C20H22N2O4/c1-20(15-7-5-14-11-16(25-2)8-6-13(14)10-15)18(23)22(19(24)21-20)12-17-4-3-9-26-17/h5-8,10-11,17H,3-4,9,12H2,1-2H3,(H,21,24)/t17-,20-/m1/s1. The summed E-state index contributed by atoms with van der Waals surface area (Å²) in [5, 5.41) is 4.87. The van der Waals surface area contributed by atoms with Gasteiger partial charge >= 0.3 is 6.03 Å². The fourth-order valence-corrected chi connectivity index (χ4v) is 3.71. The zero-order valence-corrected chi connectivity index (χ0v) is 15.0. The van der Waals surface area contributed by atoms with Crippen molar-refractivity contribution in [2.75, 3.05) is 20.3 Å². The maximum Gasteiger partial charge on any atom is 0.325 e. The van der Waals surface area contributed by atoms with Gasteiger partial charge in [0.05, 0.1) is 19.8 Å². The highest BCUT2D eigenvalue weighted by Crippen LogP contribution is 2.32. The second-order valence-corrected chi connectivity index (χ2v) is 7.03. The van der Waals surface area contributed by atoms with Gasteiger partial charge in [-0.2, -0.15) is 0 Å². The van der Waals surface area contributed by atoms with Gasteiger partial charge in [-0.15, -0.1) is 0 Å². The van der Waals surface area contributed by atoms with Crippen LogP contribution in [0.3, 0.4) is 0 Å². The molecule has 2 aromatic rings. The maximum atomic E-state index is 13.0. The zero-order chi connectivity index (χ0) is 18.3. The van der Waals surface area contributed by atoms with E-state index in [0.29, 0.717) is 13.2 Å². The fourth-order valence-electron chi connectivity index (χ4n) is 3.71. The molecule has 6 heteroatoms. The number of nitrogens with zero attached hydrogens (tertiary/aromatic N) is 1. The molecule has 0 spiro atoms. The number of hydrogen-bond acceptors (Lipinski definition) is 4. The van der Waals surface area contributed by atoms with Crippen molar-refractivity contribution in [3.63, 3.8) is 0 Å². The summed E-state index contributed by atoms with van der Waals surface area (Å²) in [5.41, 5.74) is -0.299. The van der Waals surface area contributed by atoms with Gasteiger partial charge < -0.3 is 14.8 Å². The van der Waals surface area contributed by atoms with Crippen molar-refractivity contribution in [3.8, 4) is 5.75 Å². The summed E-state index contributed by atoms with van der Waals surface area (Å²) in [7, 11) is 1.63. The van der Waals surface area contributed by atoms with Crippen molar-refractivity contribution >= 4 is 22.7 Å².